The van der Waals surface area contributed by atoms with Crippen LogP contribution in [0.2, 0.25) is 0 Å². The molecular formula is C21H29N3O2S. The van der Waals surface area contributed by atoms with Gasteiger partial charge in [0, 0.05) is 23.2 Å². The van der Waals surface area contributed by atoms with Crippen molar-refractivity contribution in [2.75, 3.05) is 18.4 Å². The van der Waals surface area contributed by atoms with E-state index in [2.05, 4.69) is 38.0 Å². The van der Waals surface area contributed by atoms with Crippen LogP contribution >= 0.6 is 11.3 Å². The predicted octanol–water partition coefficient (Wildman–Crippen LogP) is 4.63. The zero-order valence-corrected chi connectivity index (χ0v) is 17.7. The van der Waals surface area contributed by atoms with Crippen LogP contribution in [0.15, 0.2) is 30.5 Å². The van der Waals surface area contributed by atoms with Crippen LogP contribution in [0.1, 0.15) is 61.3 Å². The average molecular weight is 388 g/mol. The fourth-order valence-corrected chi connectivity index (χ4v) is 3.32. The Kier molecular flexibility index (Phi) is 7.13. The summed E-state index contributed by atoms with van der Waals surface area (Å²) in [5.74, 6) is -0.338. The minimum absolute atomic E-state index is 0.0263. The number of nitrogens with zero attached hydrogens (tertiary/aromatic N) is 2. The fourth-order valence-electron chi connectivity index (χ4n) is 2.64. The third-order valence-corrected chi connectivity index (χ3v) is 5.10. The van der Waals surface area contributed by atoms with Crippen molar-refractivity contribution in [3.63, 3.8) is 0 Å². The van der Waals surface area contributed by atoms with Crippen molar-refractivity contribution < 1.29 is 9.59 Å². The first-order valence-corrected chi connectivity index (χ1v) is 10.1. The first kappa shape index (κ1) is 21.1. The summed E-state index contributed by atoms with van der Waals surface area (Å²) >= 11 is 1.42. The van der Waals surface area contributed by atoms with Gasteiger partial charge in [-0.3, -0.25) is 9.59 Å². The van der Waals surface area contributed by atoms with E-state index in [0.717, 1.165) is 17.7 Å². The van der Waals surface area contributed by atoms with Gasteiger partial charge in [-0.25, -0.2) is 4.98 Å². The van der Waals surface area contributed by atoms with E-state index in [9.17, 15) is 9.59 Å². The van der Waals surface area contributed by atoms with E-state index in [0.29, 0.717) is 17.2 Å². The Bertz CT molecular complexity index is 775. The molecule has 5 nitrogen and oxygen atoms in total. The first-order chi connectivity index (χ1) is 12.7. The minimum atomic E-state index is -0.222. The van der Waals surface area contributed by atoms with Gasteiger partial charge in [-0.1, -0.05) is 46.2 Å². The standard InChI is InChI=1S/C21H29N3O2S/c1-6-7-12-24(14-18(25)23-20-22-13-15(2)27-20)19(26)16-8-10-17(11-9-16)21(3,4)5/h8-11,13H,6-7,12,14H2,1-5H3,(H,22,23,25). The lowest BCUT2D eigenvalue weighted by molar-refractivity contribution is -0.116. The number of benzene rings is 1. The van der Waals surface area contributed by atoms with Gasteiger partial charge in [0.25, 0.3) is 5.91 Å². The molecule has 0 unspecified atom stereocenters. The number of nitrogens with one attached hydrogen (secondary N) is 1. The molecule has 0 saturated carbocycles. The van der Waals surface area contributed by atoms with Crippen molar-refractivity contribution in [1.82, 2.24) is 9.88 Å². The highest BCUT2D eigenvalue weighted by molar-refractivity contribution is 7.15. The number of carbonyl (C=O) groups excluding carboxylic acids is 2. The van der Waals surface area contributed by atoms with Crippen LogP contribution < -0.4 is 5.32 Å². The Hall–Kier alpha value is -2.21. The smallest absolute Gasteiger partial charge is 0.254 e. The maximum atomic E-state index is 12.9. The topological polar surface area (TPSA) is 62.3 Å². The minimum Gasteiger partial charge on any atom is -0.329 e. The number of hydrogen-bond donors (Lipinski definition) is 1. The third kappa shape index (κ3) is 6.17. The van der Waals surface area contributed by atoms with Crippen molar-refractivity contribution in [1.29, 1.82) is 0 Å². The molecule has 0 radical (unpaired) electrons. The molecule has 2 rings (SSSR count). The van der Waals surface area contributed by atoms with Crippen LogP contribution in [0.4, 0.5) is 5.13 Å². The van der Waals surface area contributed by atoms with E-state index in [1.54, 1.807) is 11.1 Å². The number of carbonyl (C=O) groups is 2. The zero-order chi connectivity index (χ0) is 20.0. The van der Waals surface area contributed by atoms with Gasteiger partial charge in [-0.15, -0.1) is 11.3 Å². The summed E-state index contributed by atoms with van der Waals surface area (Å²) in [6.07, 6.45) is 3.53. The molecule has 1 aromatic heterocycles. The second-order valence-corrected chi connectivity index (χ2v) is 8.97. The number of thiazole rings is 1. The van der Waals surface area contributed by atoms with Crippen molar-refractivity contribution in [2.45, 2.75) is 52.9 Å². The maximum absolute atomic E-state index is 12.9. The molecule has 27 heavy (non-hydrogen) atoms. The van der Waals surface area contributed by atoms with Crippen molar-refractivity contribution in [3.8, 4) is 0 Å². The fraction of sp³-hybridized carbons (Fsp3) is 0.476. The van der Waals surface area contributed by atoms with Crippen molar-refractivity contribution >= 4 is 28.3 Å². The molecule has 6 heteroatoms. The lowest BCUT2D eigenvalue weighted by Gasteiger charge is -2.23. The summed E-state index contributed by atoms with van der Waals surface area (Å²) in [5.41, 5.74) is 1.82. The van der Waals surface area contributed by atoms with Gasteiger partial charge < -0.3 is 10.2 Å². The van der Waals surface area contributed by atoms with Crippen molar-refractivity contribution in [3.05, 3.63) is 46.5 Å². The van der Waals surface area contributed by atoms with E-state index in [4.69, 9.17) is 0 Å². The molecule has 2 amide bonds. The SMILES string of the molecule is CCCCN(CC(=O)Nc1ncc(C)s1)C(=O)c1ccc(C(C)(C)C)cc1. The Labute approximate surface area is 165 Å². The number of anilines is 1. The Morgan fingerprint density at radius 3 is 2.37 bits per heavy atom. The molecule has 0 fully saturated rings. The molecule has 0 spiro atoms. The Balaban J connectivity index is 2.09. The van der Waals surface area contributed by atoms with E-state index in [1.165, 1.54) is 16.9 Å². The zero-order valence-electron chi connectivity index (χ0n) is 16.8. The molecular weight excluding hydrogens is 358 g/mol. The molecule has 1 aromatic carbocycles. The van der Waals surface area contributed by atoms with Crippen LogP contribution in [-0.4, -0.2) is 34.8 Å². The van der Waals surface area contributed by atoms with Crippen LogP contribution in [0.25, 0.3) is 0 Å². The number of amides is 2. The molecule has 1 heterocycles. The third-order valence-electron chi connectivity index (χ3n) is 4.27. The van der Waals surface area contributed by atoms with Crippen molar-refractivity contribution in [2.24, 2.45) is 0 Å². The lowest BCUT2D eigenvalue weighted by atomic mass is 9.86. The van der Waals surface area contributed by atoms with Crippen LogP contribution in [0.3, 0.4) is 0 Å². The summed E-state index contributed by atoms with van der Waals surface area (Å²) in [6, 6.07) is 7.68. The van der Waals surface area contributed by atoms with Gasteiger partial charge in [0.1, 0.15) is 6.54 Å². The van der Waals surface area contributed by atoms with Crippen LogP contribution in [0.5, 0.6) is 0 Å². The largest absolute Gasteiger partial charge is 0.329 e. The maximum Gasteiger partial charge on any atom is 0.254 e. The summed E-state index contributed by atoms with van der Waals surface area (Å²) in [7, 11) is 0. The van der Waals surface area contributed by atoms with Gasteiger partial charge in [0.05, 0.1) is 0 Å². The summed E-state index contributed by atoms with van der Waals surface area (Å²) < 4.78 is 0. The first-order valence-electron chi connectivity index (χ1n) is 9.33. The van der Waals surface area contributed by atoms with Gasteiger partial charge >= 0.3 is 0 Å². The molecule has 0 bridgehead atoms. The van der Waals surface area contributed by atoms with Gasteiger partial charge in [-0.05, 0) is 36.5 Å². The highest BCUT2D eigenvalue weighted by atomic mass is 32.1. The number of rotatable bonds is 7. The van der Waals surface area contributed by atoms with E-state index in [-0.39, 0.29) is 23.8 Å². The highest BCUT2D eigenvalue weighted by Crippen LogP contribution is 2.22. The van der Waals surface area contributed by atoms with Gasteiger partial charge in [0.15, 0.2) is 5.13 Å². The van der Waals surface area contributed by atoms with E-state index in [1.807, 2.05) is 31.2 Å². The van der Waals surface area contributed by atoms with E-state index >= 15 is 0 Å². The second-order valence-electron chi connectivity index (χ2n) is 7.73. The highest BCUT2D eigenvalue weighted by Gasteiger charge is 2.20. The molecule has 0 saturated heterocycles. The molecule has 146 valence electrons. The monoisotopic (exact) mass is 387 g/mol. The summed E-state index contributed by atoms with van der Waals surface area (Å²) in [5, 5.41) is 3.34. The Morgan fingerprint density at radius 1 is 1.19 bits per heavy atom. The van der Waals surface area contributed by atoms with Crippen LogP contribution in [0, 0.1) is 6.92 Å². The van der Waals surface area contributed by atoms with Crippen LogP contribution in [-0.2, 0) is 10.2 Å². The number of unbranched alkanes of at least 4 members (excludes halogenated alkanes) is 1. The van der Waals surface area contributed by atoms with Gasteiger partial charge in [0.2, 0.25) is 5.91 Å². The molecule has 0 aliphatic carbocycles. The van der Waals surface area contributed by atoms with E-state index < -0.39 is 0 Å². The molecule has 2 aromatic rings. The Morgan fingerprint density at radius 2 is 1.85 bits per heavy atom. The average Bonchev–Trinajstić information content (AvgIpc) is 3.02. The lowest BCUT2D eigenvalue weighted by Crippen LogP contribution is -2.38. The normalized spacial score (nSPS) is 11.3. The molecule has 0 aliphatic rings. The number of aryl methyl sites for hydroxylation is 1. The molecule has 1 N–H and O–H groups in total. The number of hydrogen-bond acceptors (Lipinski definition) is 4. The molecule has 0 atom stereocenters. The molecule has 0 aliphatic heterocycles. The summed E-state index contributed by atoms with van der Waals surface area (Å²) in [6.45, 7) is 11.0. The van der Waals surface area contributed by atoms with Gasteiger partial charge in [-0.2, -0.15) is 0 Å². The predicted molar refractivity (Wildman–Crippen MR) is 111 cm³/mol. The quantitative estimate of drug-likeness (QED) is 0.753. The number of aromatic nitrogens is 1. The summed E-state index contributed by atoms with van der Waals surface area (Å²) in [4.78, 5) is 32.1. The second kappa shape index (κ2) is 9.13.